The van der Waals surface area contributed by atoms with Crippen molar-refractivity contribution >= 4 is 51.6 Å². The van der Waals surface area contributed by atoms with Crippen LogP contribution < -0.4 is 10.1 Å². The fourth-order valence-corrected chi connectivity index (χ4v) is 6.52. The van der Waals surface area contributed by atoms with Gasteiger partial charge in [-0.2, -0.15) is 0 Å². The summed E-state index contributed by atoms with van der Waals surface area (Å²) >= 11 is 9.03. The van der Waals surface area contributed by atoms with Gasteiger partial charge >= 0.3 is 5.97 Å². The first-order valence-electron chi connectivity index (χ1n) is 12.3. The van der Waals surface area contributed by atoms with E-state index in [0.29, 0.717) is 33.9 Å². The number of carbonyl (C=O) groups is 2. The fraction of sp³-hybridized carbons (Fsp3) is 0.462. The van der Waals surface area contributed by atoms with Gasteiger partial charge in [0.15, 0.2) is 17.1 Å². The monoisotopic (exact) mass is 562 g/mol. The lowest BCUT2D eigenvalue weighted by Gasteiger charge is -2.16. The maximum absolute atomic E-state index is 12.8. The summed E-state index contributed by atoms with van der Waals surface area (Å²) in [7, 11) is 1.85. The number of benzene rings is 1. The van der Waals surface area contributed by atoms with Crippen LogP contribution in [0.4, 0.5) is 5.00 Å². The Morgan fingerprint density at radius 3 is 2.62 bits per heavy atom. The zero-order chi connectivity index (χ0) is 26.7. The van der Waals surface area contributed by atoms with E-state index in [1.807, 2.05) is 44.5 Å². The number of ether oxygens (including phenoxy) is 2. The van der Waals surface area contributed by atoms with Gasteiger partial charge in [0, 0.05) is 16.9 Å². The predicted molar refractivity (Wildman–Crippen MR) is 147 cm³/mol. The molecule has 198 valence electrons. The highest BCUT2D eigenvalue weighted by Gasteiger charge is 2.27. The molecular weight excluding hydrogens is 532 g/mol. The number of fused-ring (bicyclic) bond motifs is 1. The van der Waals surface area contributed by atoms with Gasteiger partial charge in [0.05, 0.1) is 17.9 Å². The molecule has 0 saturated heterocycles. The first-order chi connectivity index (χ1) is 17.7. The zero-order valence-electron chi connectivity index (χ0n) is 21.6. The van der Waals surface area contributed by atoms with E-state index in [2.05, 4.69) is 15.5 Å². The zero-order valence-corrected chi connectivity index (χ0v) is 24.0. The van der Waals surface area contributed by atoms with Crippen molar-refractivity contribution in [3.63, 3.8) is 0 Å². The number of nitrogens with zero attached hydrogens (tertiary/aromatic N) is 3. The normalized spacial score (nSPS) is 13.7. The minimum Gasteiger partial charge on any atom is -0.483 e. The number of amides is 1. The minimum atomic E-state index is -0.372. The topological polar surface area (TPSA) is 95.3 Å². The Hall–Kier alpha value is -2.56. The van der Waals surface area contributed by atoms with E-state index in [0.717, 1.165) is 52.3 Å². The van der Waals surface area contributed by atoms with Gasteiger partial charge in [0.2, 0.25) is 5.91 Å². The molecule has 1 N–H and O–H groups in total. The SMILES string of the molecule is CCOC(=O)c1c(NC(=O)CSc2nnc(C(C)Oc3cc(C)c(Cl)c(C)c3)n2C)sc2c1CCCC2. The Morgan fingerprint density at radius 1 is 1.22 bits per heavy atom. The molecule has 0 spiro atoms. The molecule has 37 heavy (non-hydrogen) atoms. The van der Waals surface area contributed by atoms with Crippen molar-refractivity contribution in [2.45, 2.75) is 64.6 Å². The minimum absolute atomic E-state index is 0.127. The Balaban J connectivity index is 1.41. The third-order valence-corrected chi connectivity index (χ3v) is 9.01. The Bertz CT molecular complexity index is 1300. The molecule has 1 unspecified atom stereocenters. The van der Waals surface area contributed by atoms with Crippen LogP contribution in [-0.2, 0) is 29.4 Å². The molecule has 0 bridgehead atoms. The highest BCUT2D eigenvalue weighted by molar-refractivity contribution is 7.99. The van der Waals surface area contributed by atoms with Crippen LogP contribution in [0.5, 0.6) is 5.75 Å². The molecule has 0 saturated carbocycles. The molecular formula is C26H31ClN4O4S2. The van der Waals surface area contributed by atoms with Crippen LogP contribution in [0.2, 0.25) is 5.02 Å². The van der Waals surface area contributed by atoms with Crippen LogP contribution in [0.3, 0.4) is 0 Å². The maximum atomic E-state index is 12.8. The van der Waals surface area contributed by atoms with Crippen LogP contribution >= 0.6 is 34.7 Å². The molecule has 1 aromatic carbocycles. The molecule has 3 aromatic rings. The number of aromatic nitrogens is 3. The van der Waals surface area contributed by atoms with Gasteiger partial charge < -0.3 is 19.4 Å². The van der Waals surface area contributed by atoms with E-state index < -0.39 is 0 Å². The summed E-state index contributed by atoms with van der Waals surface area (Å²) in [5.41, 5.74) is 3.43. The van der Waals surface area contributed by atoms with Gasteiger partial charge in [-0.25, -0.2) is 4.79 Å². The highest BCUT2D eigenvalue weighted by Crippen LogP contribution is 2.39. The highest BCUT2D eigenvalue weighted by atomic mass is 35.5. The van der Waals surface area contributed by atoms with Gasteiger partial charge in [-0.1, -0.05) is 23.4 Å². The number of rotatable bonds is 9. The summed E-state index contributed by atoms with van der Waals surface area (Å²) in [4.78, 5) is 26.7. The molecule has 1 aliphatic rings. The number of esters is 1. The lowest BCUT2D eigenvalue weighted by atomic mass is 9.95. The molecule has 1 aliphatic carbocycles. The van der Waals surface area contributed by atoms with E-state index in [1.54, 1.807) is 6.92 Å². The molecule has 0 radical (unpaired) electrons. The summed E-state index contributed by atoms with van der Waals surface area (Å²) in [6, 6.07) is 3.80. The third-order valence-electron chi connectivity index (χ3n) is 6.19. The lowest BCUT2D eigenvalue weighted by Crippen LogP contribution is -2.17. The van der Waals surface area contributed by atoms with E-state index in [1.165, 1.54) is 23.1 Å². The Kier molecular flexibility index (Phi) is 8.82. The average Bonchev–Trinajstić information content (AvgIpc) is 3.40. The summed E-state index contributed by atoms with van der Waals surface area (Å²) in [6.45, 7) is 7.86. The fourth-order valence-electron chi connectivity index (χ4n) is 4.40. The molecule has 2 heterocycles. The first-order valence-corrected chi connectivity index (χ1v) is 14.4. The van der Waals surface area contributed by atoms with Crippen molar-refractivity contribution in [2.24, 2.45) is 7.05 Å². The number of thioether (sulfide) groups is 1. The smallest absolute Gasteiger partial charge is 0.341 e. The summed E-state index contributed by atoms with van der Waals surface area (Å²) < 4.78 is 13.2. The Labute approximate surface area is 230 Å². The average molecular weight is 563 g/mol. The van der Waals surface area contributed by atoms with Crippen molar-refractivity contribution in [2.75, 3.05) is 17.7 Å². The molecule has 0 fully saturated rings. The van der Waals surface area contributed by atoms with Gasteiger partial charge in [-0.3, -0.25) is 4.79 Å². The second kappa shape index (κ2) is 11.9. The van der Waals surface area contributed by atoms with Crippen molar-refractivity contribution < 1.29 is 19.1 Å². The largest absolute Gasteiger partial charge is 0.483 e. The standard InChI is InChI=1S/C26H31ClN4O4S2/c1-6-34-25(33)21-18-9-7-8-10-19(18)37-24(21)28-20(32)13-36-26-30-29-23(31(26)5)16(4)35-17-11-14(2)22(27)15(3)12-17/h11-12,16H,6-10,13H2,1-5H3,(H,28,32). The van der Waals surface area contributed by atoms with Gasteiger partial charge in [-0.05, 0) is 82.2 Å². The Morgan fingerprint density at radius 2 is 1.92 bits per heavy atom. The summed E-state index contributed by atoms with van der Waals surface area (Å²) in [5, 5.41) is 13.4. The van der Waals surface area contributed by atoms with Gasteiger partial charge in [0.1, 0.15) is 10.8 Å². The summed E-state index contributed by atoms with van der Waals surface area (Å²) in [5.74, 6) is 0.892. The molecule has 11 heteroatoms. The van der Waals surface area contributed by atoms with E-state index in [9.17, 15) is 9.59 Å². The van der Waals surface area contributed by atoms with Crippen molar-refractivity contribution in [3.05, 3.63) is 50.1 Å². The van der Waals surface area contributed by atoms with E-state index in [-0.39, 0.29) is 23.7 Å². The molecule has 1 amide bonds. The number of hydrogen-bond acceptors (Lipinski definition) is 8. The van der Waals surface area contributed by atoms with E-state index in [4.69, 9.17) is 21.1 Å². The van der Waals surface area contributed by atoms with Gasteiger partial charge in [-0.15, -0.1) is 21.5 Å². The molecule has 4 rings (SSSR count). The number of aryl methyl sites for hydroxylation is 3. The molecule has 0 aliphatic heterocycles. The lowest BCUT2D eigenvalue weighted by molar-refractivity contribution is -0.113. The van der Waals surface area contributed by atoms with Crippen LogP contribution in [0.15, 0.2) is 17.3 Å². The number of thiophene rings is 1. The van der Waals surface area contributed by atoms with Crippen LogP contribution in [0, 0.1) is 13.8 Å². The first kappa shape index (κ1) is 27.5. The quantitative estimate of drug-likeness (QED) is 0.250. The molecule has 1 atom stereocenters. The van der Waals surface area contributed by atoms with Gasteiger partial charge in [0.25, 0.3) is 0 Å². The van der Waals surface area contributed by atoms with Crippen molar-refractivity contribution in [1.82, 2.24) is 14.8 Å². The number of halogens is 1. The number of carbonyl (C=O) groups excluding carboxylic acids is 2. The van der Waals surface area contributed by atoms with Crippen LogP contribution in [0.25, 0.3) is 0 Å². The number of hydrogen-bond donors (Lipinski definition) is 1. The predicted octanol–water partition coefficient (Wildman–Crippen LogP) is 6.07. The third kappa shape index (κ3) is 6.13. The summed E-state index contributed by atoms with van der Waals surface area (Å²) in [6.07, 6.45) is 3.53. The second-order valence-electron chi connectivity index (χ2n) is 9.00. The number of anilines is 1. The number of nitrogens with one attached hydrogen (secondary N) is 1. The second-order valence-corrected chi connectivity index (χ2v) is 11.4. The van der Waals surface area contributed by atoms with Crippen molar-refractivity contribution in [3.8, 4) is 5.75 Å². The molecule has 2 aromatic heterocycles. The van der Waals surface area contributed by atoms with Crippen molar-refractivity contribution in [1.29, 1.82) is 0 Å². The molecule has 8 nitrogen and oxygen atoms in total. The van der Waals surface area contributed by atoms with Crippen LogP contribution in [-0.4, -0.2) is 39.0 Å². The van der Waals surface area contributed by atoms with E-state index >= 15 is 0 Å². The maximum Gasteiger partial charge on any atom is 0.341 e. The van der Waals surface area contributed by atoms with Crippen LogP contribution in [0.1, 0.15) is 70.5 Å².